The van der Waals surface area contributed by atoms with E-state index in [9.17, 15) is 0 Å². The highest BCUT2D eigenvalue weighted by molar-refractivity contribution is 4.93. The summed E-state index contributed by atoms with van der Waals surface area (Å²) < 4.78 is 0. The quantitative estimate of drug-likeness (QED) is 0.555. The molecule has 2 rings (SSSR count). The highest BCUT2D eigenvalue weighted by atomic mass is 15.1. The van der Waals surface area contributed by atoms with Gasteiger partial charge in [-0.05, 0) is 63.1 Å². The molecule has 0 bridgehead atoms. The summed E-state index contributed by atoms with van der Waals surface area (Å²) in [7, 11) is 2.27. The van der Waals surface area contributed by atoms with E-state index in [0.29, 0.717) is 0 Å². The third kappa shape index (κ3) is 1.63. The van der Waals surface area contributed by atoms with Crippen molar-refractivity contribution in [2.45, 2.75) is 33.1 Å². The number of rotatable bonds is 0. The lowest BCUT2D eigenvalue weighted by atomic mass is 9.55. The predicted octanol–water partition coefficient (Wildman–Crippen LogP) is 2.62. The van der Waals surface area contributed by atoms with Gasteiger partial charge in [0, 0.05) is 0 Å². The summed E-state index contributed by atoms with van der Waals surface area (Å²) in [4.78, 5) is 2.51. The second-order valence-electron chi connectivity index (χ2n) is 5.28. The van der Waals surface area contributed by atoms with Crippen molar-refractivity contribution in [2.24, 2.45) is 23.7 Å². The molecule has 1 nitrogen and oxygen atoms in total. The van der Waals surface area contributed by atoms with Crippen LogP contribution in [0.25, 0.3) is 0 Å². The summed E-state index contributed by atoms with van der Waals surface area (Å²) in [6, 6.07) is 0. The first-order chi connectivity index (χ1) is 6.20. The second-order valence-corrected chi connectivity index (χ2v) is 5.28. The van der Waals surface area contributed by atoms with Crippen molar-refractivity contribution in [1.82, 2.24) is 4.90 Å². The SMILES string of the molecule is CC1C(C)C2CCN(C)CCCC12. The molecule has 0 spiro atoms. The molecule has 13 heavy (non-hydrogen) atoms. The molecule has 0 aromatic heterocycles. The van der Waals surface area contributed by atoms with Gasteiger partial charge in [-0.2, -0.15) is 0 Å². The van der Waals surface area contributed by atoms with Crippen LogP contribution in [-0.2, 0) is 0 Å². The van der Waals surface area contributed by atoms with E-state index in [2.05, 4.69) is 25.8 Å². The van der Waals surface area contributed by atoms with Crippen LogP contribution < -0.4 is 0 Å². The summed E-state index contributed by atoms with van der Waals surface area (Å²) in [5, 5.41) is 0. The van der Waals surface area contributed by atoms with Crippen LogP contribution in [0.3, 0.4) is 0 Å². The first-order valence-corrected chi connectivity index (χ1v) is 5.88. The largest absolute Gasteiger partial charge is 0.306 e. The van der Waals surface area contributed by atoms with E-state index in [1.165, 1.54) is 32.4 Å². The van der Waals surface area contributed by atoms with Crippen molar-refractivity contribution in [3.05, 3.63) is 0 Å². The minimum Gasteiger partial charge on any atom is -0.306 e. The molecule has 4 unspecified atom stereocenters. The van der Waals surface area contributed by atoms with E-state index in [1.54, 1.807) is 0 Å². The van der Waals surface area contributed by atoms with Gasteiger partial charge in [-0.1, -0.05) is 13.8 Å². The summed E-state index contributed by atoms with van der Waals surface area (Å²) in [6.07, 6.45) is 4.36. The molecular formula is C12H23N. The molecule has 76 valence electrons. The van der Waals surface area contributed by atoms with Crippen LogP contribution in [0.5, 0.6) is 0 Å². The van der Waals surface area contributed by atoms with Crippen molar-refractivity contribution in [2.75, 3.05) is 20.1 Å². The lowest BCUT2D eigenvalue weighted by Crippen LogP contribution is -2.46. The summed E-state index contributed by atoms with van der Waals surface area (Å²) >= 11 is 0. The molecule has 0 aromatic carbocycles. The zero-order valence-corrected chi connectivity index (χ0v) is 9.29. The molecule has 1 saturated carbocycles. The van der Waals surface area contributed by atoms with E-state index in [-0.39, 0.29) is 0 Å². The highest BCUT2D eigenvalue weighted by Gasteiger charge is 2.44. The van der Waals surface area contributed by atoms with E-state index < -0.39 is 0 Å². The van der Waals surface area contributed by atoms with Crippen LogP contribution in [0.1, 0.15) is 33.1 Å². The molecule has 0 N–H and O–H groups in total. The van der Waals surface area contributed by atoms with Crippen LogP contribution in [0.4, 0.5) is 0 Å². The van der Waals surface area contributed by atoms with Crippen LogP contribution in [-0.4, -0.2) is 25.0 Å². The van der Waals surface area contributed by atoms with Crippen molar-refractivity contribution >= 4 is 0 Å². The number of nitrogens with zero attached hydrogens (tertiary/aromatic N) is 1. The fourth-order valence-electron chi connectivity index (χ4n) is 3.45. The van der Waals surface area contributed by atoms with Crippen molar-refractivity contribution in [1.29, 1.82) is 0 Å². The van der Waals surface area contributed by atoms with Crippen molar-refractivity contribution in [3.8, 4) is 0 Å². The van der Waals surface area contributed by atoms with Crippen LogP contribution in [0, 0.1) is 23.7 Å². The van der Waals surface area contributed by atoms with Gasteiger partial charge in [0.2, 0.25) is 0 Å². The first kappa shape index (κ1) is 9.51. The maximum Gasteiger partial charge on any atom is -0.00189 e. The second kappa shape index (κ2) is 3.61. The Labute approximate surface area is 82.5 Å². The van der Waals surface area contributed by atoms with Gasteiger partial charge in [0.1, 0.15) is 0 Å². The molecule has 2 aliphatic rings. The zero-order valence-electron chi connectivity index (χ0n) is 9.29. The lowest BCUT2D eigenvalue weighted by Gasteiger charge is -2.51. The average Bonchev–Trinajstić information content (AvgIpc) is 2.11. The van der Waals surface area contributed by atoms with Gasteiger partial charge in [0.25, 0.3) is 0 Å². The monoisotopic (exact) mass is 181 g/mol. The number of hydrogen-bond acceptors (Lipinski definition) is 1. The molecule has 4 atom stereocenters. The Balaban J connectivity index is 1.94. The fourth-order valence-corrected chi connectivity index (χ4v) is 3.45. The van der Waals surface area contributed by atoms with Crippen LogP contribution >= 0.6 is 0 Å². The number of fused-ring (bicyclic) bond motifs is 1. The Bertz CT molecular complexity index is 178. The van der Waals surface area contributed by atoms with Crippen molar-refractivity contribution < 1.29 is 0 Å². The third-order valence-corrected chi connectivity index (χ3v) is 4.65. The Morgan fingerprint density at radius 3 is 2.23 bits per heavy atom. The molecule has 1 aliphatic heterocycles. The van der Waals surface area contributed by atoms with E-state index in [4.69, 9.17) is 0 Å². The Morgan fingerprint density at radius 2 is 1.54 bits per heavy atom. The normalized spacial score (nSPS) is 47.3. The maximum absolute atomic E-state index is 2.51. The average molecular weight is 181 g/mol. The third-order valence-electron chi connectivity index (χ3n) is 4.65. The van der Waals surface area contributed by atoms with Gasteiger partial charge in [-0.25, -0.2) is 0 Å². The summed E-state index contributed by atoms with van der Waals surface area (Å²) in [5.74, 6) is 4.13. The molecule has 0 aromatic rings. The van der Waals surface area contributed by atoms with Gasteiger partial charge in [-0.15, -0.1) is 0 Å². The maximum atomic E-state index is 2.51. The molecule has 1 heterocycles. The molecule has 2 fully saturated rings. The molecule has 1 heteroatoms. The Hall–Kier alpha value is -0.0400. The van der Waals surface area contributed by atoms with E-state index >= 15 is 0 Å². The van der Waals surface area contributed by atoms with Gasteiger partial charge in [0.05, 0.1) is 0 Å². The molecule has 1 aliphatic carbocycles. The molecule has 0 radical (unpaired) electrons. The molecule has 0 amide bonds. The van der Waals surface area contributed by atoms with Crippen LogP contribution in [0.2, 0.25) is 0 Å². The Kier molecular flexibility index (Phi) is 2.64. The van der Waals surface area contributed by atoms with Gasteiger partial charge >= 0.3 is 0 Å². The van der Waals surface area contributed by atoms with E-state index in [1.807, 2.05) is 0 Å². The van der Waals surface area contributed by atoms with E-state index in [0.717, 1.165) is 23.7 Å². The standard InChI is InChI=1S/C12H23N/c1-9-10(2)12-6-8-13(3)7-4-5-11(9)12/h9-12H,4-8H2,1-3H3. The van der Waals surface area contributed by atoms with Crippen molar-refractivity contribution in [3.63, 3.8) is 0 Å². The van der Waals surface area contributed by atoms with Gasteiger partial charge < -0.3 is 4.90 Å². The highest BCUT2D eigenvalue weighted by Crippen LogP contribution is 2.50. The Morgan fingerprint density at radius 1 is 0.923 bits per heavy atom. The molecular weight excluding hydrogens is 158 g/mol. The first-order valence-electron chi connectivity index (χ1n) is 5.88. The minimum absolute atomic E-state index is 0.997. The topological polar surface area (TPSA) is 3.24 Å². The van der Waals surface area contributed by atoms with Crippen LogP contribution in [0.15, 0.2) is 0 Å². The summed E-state index contributed by atoms with van der Waals surface area (Å²) in [5.41, 5.74) is 0. The number of hydrogen-bond donors (Lipinski definition) is 0. The summed E-state index contributed by atoms with van der Waals surface area (Å²) in [6.45, 7) is 7.56. The fraction of sp³-hybridized carbons (Fsp3) is 1.00. The zero-order chi connectivity index (χ0) is 9.42. The minimum atomic E-state index is 0.997. The predicted molar refractivity (Wildman–Crippen MR) is 56.7 cm³/mol. The van der Waals surface area contributed by atoms with Gasteiger partial charge in [0.15, 0.2) is 0 Å². The smallest absolute Gasteiger partial charge is 0.00189 e. The number of likely N-dealkylation sites (tertiary alicyclic amines) is 1. The lowest BCUT2D eigenvalue weighted by molar-refractivity contribution is -0.0245. The van der Waals surface area contributed by atoms with Gasteiger partial charge in [-0.3, -0.25) is 0 Å². The molecule has 1 saturated heterocycles.